The lowest BCUT2D eigenvalue weighted by molar-refractivity contribution is 0.402. The molecule has 0 atom stereocenters. The summed E-state index contributed by atoms with van der Waals surface area (Å²) in [5, 5.41) is 8.41. The molecule has 136 valence electrons. The summed E-state index contributed by atoms with van der Waals surface area (Å²) < 4.78 is 12.8. The molecule has 0 N–H and O–H groups in total. The lowest BCUT2D eigenvalue weighted by atomic mass is 10.1. The van der Waals surface area contributed by atoms with Crippen LogP contribution in [0.3, 0.4) is 0 Å². The number of aryl methyl sites for hydroxylation is 1. The molecule has 0 spiro atoms. The van der Waals surface area contributed by atoms with E-state index in [1.807, 2.05) is 49.4 Å². The van der Waals surface area contributed by atoms with Crippen LogP contribution in [0.4, 0.5) is 0 Å². The van der Waals surface area contributed by atoms with E-state index in [-0.39, 0.29) is 5.56 Å². The van der Waals surface area contributed by atoms with E-state index in [0.717, 1.165) is 16.7 Å². The first-order valence-corrected chi connectivity index (χ1v) is 9.11. The van der Waals surface area contributed by atoms with Gasteiger partial charge in [0, 0.05) is 11.1 Å². The van der Waals surface area contributed by atoms with Crippen molar-refractivity contribution in [1.82, 2.24) is 14.6 Å². The van der Waals surface area contributed by atoms with Crippen molar-refractivity contribution in [3.8, 4) is 22.9 Å². The third kappa shape index (κ3) is 2.96. The Balaban J connectivity index is 1.93. The Hall–Kier alpha value is -3.19. The molecule has 0 unspecified atom stereocenters. The molecule has 0 fully saturated rings. The standard InChI is InChI=1S/C20H17N3O3S/c1-12-6-4-5-7-15(12)18-21-22-20-23(18)19(24)17(27-20)11-13-10-14(25-2)8-9-16(13)26-3/h4-11H,1-3H3/b17-11+. The van der Waals surface area contributed by atoms with Gasteiger partial charge < -0.3 is 9.47 Å². The molecule has 4 aromatic rings. The van der Waals surface area contributed by atoms with Crippen LogP contribution >= 0.6 is 11.3 Å². The minimum absolute atomic E-state index is 0.150. The molecule has 0 aliphatic heterocycles. The Kier molecular flexibility index (Phi) is 4.37. The van der Waals surface area contributed by atoms with Crippen molar-refractivity contribution in [3.63, 3.8) is 0 Å². The van der Waals surface area contributed by atoms with Crippen molar-refractivity contribution in [2.24, 2.45) is 0 Å². The van der Waals surface area contributed by atoms with Gasteiger partial charge in [0.2, 0.25) is 4.96 Å². The average molecular weight is 379 g/mol. The minimum Gasteiger partial charge on any atom is -0.497 e. The van der Waals surface area contributed by atoms with Crippen LogP contribution in [0.1, 0.15) is 11.1 Å². The van der Waals surface area contributed by atoms with Crippen molar-refractivity contribution >= 4 is 22.4 Å². The molecule has 7 heteroatoms. The van der Waals surface area contributed by atoms with Crippen molar-refractivity contribution in [2.75, 3.05) is 14.2 Å². The van der Waals surface area contributed by atoms with Crippen molar-refractivity contribution in [3.05, 3.63) is 68.5 Å². The van der Waals surface area contributed by atoms with Gasteiger partial charge in [0.15, 0.2) is 5.82 Å². The average Bonchev–Trinajstić information content (AvgIpc) is 3.23. The number of thiazole rings is 1. The second-order valence-corrected chi connectivity index (χ2v) is 6.99. The van der Waals surface area contributed by atoms with Crippen LogP contribution < -0.4 is 19.6 Å². The van der Waals surface area contributed by atoms with Gasteiger partial charge in [-0.3, -0.25) is 4.79 Å². The molecule has 0 aliphatic carbocycles. The Labute approximate surface area is 159 Å². The van der Waals surface area contributed by atoms with Gasteiger partial charge in [-0.05, 0) is 36.8 Å². The monoisotopic (exact) mass is 379 g/mol. The molecule has 2 aromatic heterocycles. The Morgan fingerprint density at radius 1 is 1.07 bits per heavy atom. The van der Waals surface area contributed by atoms with E-state index in [4.69, 9.17) is 9.47 Å². The van der Waals surface area contributed by atoms with Gasteiger partial charge in [0.05, 0.1) is 18.8 Å². The maximum Gasteiger partial charge on any atom is 0.276 e. The first-order valence-electron chi connectivity index (χ1n) is 8.30. The fourth-order valence-electron chi connectivity index (χ4n) is 2.95. The largest absolute Gasteiger partial charge is 0.497 e. The summed E-state index contributed by atoms with van der Waals surface area (Å²) in [6.45, 7) is 1.99. The second kappa shape index (κ2) is 6.85. The van der Waals surface area contributed by atoms with Crippen LogP contribution in [0.5, 0.6) is 11.5 Å². The first-order chi connectivity index (χ1) is 13.1. The maximum absolute atomic E-state index is 13.0. The molecule has 0 aliphatic rings. The van der Waals surface area contributed by atoms with E-state index >= 15 is 0 Å². The predicted octanol–water partition coefficient (Wildman–Crippen LogP) is 2.69. The molecule has 0 amide bonds. The molecule has 6 nitrogen and oxygen atoms in total. The molecular weight excluding hydrogens is 362 g/mol. The Morgan fingerprint density at radius 3 is 2.63 bits per heavy atom. The number of methoxy groups -OCH3 is 2. The molecule has 4 rings (SSSR count). The van der Waals surface area contributed by atoms with Gasteiger partial charge in [0.25, 0.3) is 5.56 Å². The minimum atomic E-state index is -0.150. The Bertz CT molecular complexity index is 1240. The van der Waals surface area contributed by atoms with Crippen LogP contribution in [0.25, 0.3) is 22.4 Å². The summed E-state index contributed by atoms with van der Waals surface area (Å²) in [4.78, 5) is 13.6. The van der Waals surface area contributed by atoms with Crippen LogP contribution in [0.15, 0.2) is 47.3 Å². The highest BCUT2D eigenvalue weighted by Gasteiger charge is 2.15. The molecular formula is C20H17N3O3S. The number of rotatable bonds is 4. The van der Waals surface area contributed by atoms with E-state index < -0.39 is 0 Å². The summed E-state index contributed by atoms with van der Waals surface area (Å²) >= 11 is 1.30. The van der Waals surface area contributed by atoms with Crippen molar-refractivity contribution in [2.45, 2.75) is 6.92 Å². The smallest absolute Gasteiger partial charge is 0.276 e. The number of hydrogen-bond donors (Lipinski definition) is 0. The SMILES string of the molecule is COc1ccc(OC)c(/C=c2/sc3nnc(-c4ccccc4C)n3c2=O)c1. The van der Waals surface area contributed by atoms with Gasteiger partial charge in [-0.15, -0.1) is 10.2 Å². The van der Waals surface area contributed by atoms with Gasteiger partial charge in [0.1, 0.15) is 11.5 Å². The van der Waals surface area contributed by atoms with E-state index in [1.165, 1.54) is 11.3 Å². The lowest BCUT2D eigenvalue weighted by Gasteiger charge is -2.06. The summed E-state index contributed by atoms with van der Waals surface area (Å²) in [6, 6.07) is 13.3. The Morgan fingerprint density at radius 2 is 1.89 bits per heavy atom. The molecule has 0 radical (unpaired) electrons. The zero-order chi connectivity index (χ0) is 19.0. The van der Waals surface area contributed by atoms with Crippen molar-refractivity contribution in [1.29, 1.82) is 0 Å². The first kappa shape index (κ1) is 17.2. The number of benzene rings is 2. The third-order valence-electron chi connectivity index (χ3n) is 4.36. The highest BCUT2D eigenvalue weighted by Crippen LogP contribution is 2.25. The van der Waals surface area contributed by atoms with E-state index in [1.54, 1.807) is 24.7 Å². The van der Waals surface area contributed by atoms with Gasteiger partial charge in [-0.25, -0.2) is 4.40 Å². The van der Waals surface area contributed by atoms with Gasteiger partial charge in [-0.1, -0.05) is 35.6 Å². The highest BCUT2D eigenvalue weighted by molar-refractivity contribution is 7.15. The summed E-state index contributed by atoms with van der Waals surface area (Å²) in [5.41, 5.74) is 2.55. The number of ether oxygens (including phenoxy) is 2. The molecule has 0 saturated carbocycles. The second-order valence-electron chi connectivity index (χ2n) is 5.98. The van der Waals surface area contributed by atoms with E-state index in [0.29, 0.717) is 26.8 Å². The zero-order valence-electron chi connectivity index (χ0n) is 15.1. The van der Waals surface area contributed by atoms with Crippen LogP contribution in [-0.2, 0) is 0 Å². The van der Waals surface area contributed by atoms with E-state index in [9.17, 15) is 4.79 Å². The van der Waals surface area contributed by atoms with E-state index in [2.05, 4.69) is 10.2 Å². The van der Waals surface area contributed by atoms with Crippen LogP contribution in [0, 0.1) is 6.92 Å². The third-order valence-corrected chi connectivity index (χ3v) is 5.32. The maximum atomic E-state index is 13.0. The topological polar surface area (TPSA) is 65.7 Å². The van der Waals surface area contributed by atoms with Gasteiger partial charge in [-0.2, -0.15) is 0 Å². The molecule has 27 heavy (non-hydrogen) atoms. The number of hydrogen-bond acceptors (Lipinski definition) is 6. The quantitative estimate of drug-likeness (QED) is 0.545. The number of nitrogens with zero attached hydrogens (tertiary/aromatic N) is 3. The summed E-state index contributed by atoms with van der Waals surface area (Å²) in [6.07, 6.45) is 1.80. The van der Waals surface area contributed by atoms with Crippen molar-refractivity contribution < 1.29 is 9.47 Å². The number of fused-ring (bicyclic) bond motifs is 1. The lowest BCUT2D eigenvalue weighted by Crippen LogP contribution is -2.23. The predicted molar refractivity (Wildman–Crippen MR) is 106 cm³/mol. The zero-order valence-corrected chi connectivity index (χ0v) is 15.9. The van der Waals surface area contributed by atoms with Crippen LogP contribution in [-0.4, -0.2) is 28.8 Å². The fraction of sp³-hybridized carbons (Fsp3) is 0.150. The summed E-state index contributed by atoms with van der Waals surface area (Å²) in [7, 11) is 3.20. The molecule has 2 heterocycles. The normalized spacial score (nSPS) is 11.9. The number of aromatic nitrogens is 3. The highest BCUT2D eigenvalue weighted by atomic mass is 32.1. The molecule has 0 saturated heterocycles. The molecule has 0 bridgehead atoms. The van der Waals surface area contributed by atoms with Crippen LogP contribution in [0.2, 0.25) is 0 Å². The molecule has 2 aromatic carbocycles. The summed E-state index contributed by atoms with van der Waals surface area (Å²) in [5.74, 6) is 1.91. The fourth-order valence-corrected chi connectivity index (χ4v) is 3.86. The van der Waals surface area contributed by atoms with Gasteiger partial charge >= 0.3 is 0 Å².